The molecule has 0 unspecified atom stereocenters. The van der Waals surface area contributed by atoms with Crippen molar-refractivity contribution in [2.75, 3.05) is 19.7 Å². The van der Waals surface area contributed by atoms with Crippen LogP contribution in [0.1, 0.15) is 5.56 Å². The molecule has 1 rings (SSSR count). The second-order valence-electron chi connectivity index (χ2n) is 4.32. The predicted molar refractivity (Wildman–Crippen MR) is 74.8 cm³/mol. The number of ether oxygens (including phenoxy) is 1. The highest BCUT2D eigenvalue weighted by molar-refractivity contribution is 5.88. The fraction of sp³-hybridized carbons (Fsp3) is 0.308. The third-order valence-electron chi connectivity index (χ3n) is 2.57. The van der Waals surface area contributed by atoms with Crippen LogP contribution in [0.2, 0.25) is 0 Å². The Hall–Kier alpha value is -2.61. The standard InChI is InChI=1S/C13H18N4O4/c14-5-9-1-3-10(4-2-9)21-8-13(20)17(6-11(15)18)7-12(16)19/h1-4H,5-8,14H2,(H2,15,18)(H2,16,19). The van der Waals surface area contributed by atoms with Gasteiger partial charge < -0.3 is 26.8 Å². The summed E-state index contributed by atoms with van der Waals surface area (Å²) in [6.45, 7) is -0.707. The average molecular weight is 294 g/mol. The number of hydrogen-bond donors (Lipinski definition) is 3. The summed E-state index contributed by atoms with van der Waals surface area (Å²) in [6, 6.07) is 6.87. The maximum Gasteiger partial charge on any atom is 0.261 e. The van der Waals surface area contributed by atoms with E-state index in [2.05, 4.69) is 0 Å². The lowest BCUT2D eigenvalue weighted by Gasteiger charge is -2.19. The van der Waals surface area contributed by atoms with E-state index in [1.54, 1.807) is 24.3 Å². The molecule has 8 heteroatoms. The number of carbonyl (C=O) groups is 3. The topological polar surface area (TPSA) is 142 Å². The van der Waals surface area contributed by atoms with E-state index in [0.29, 0.717) is 12.3 Å². The Morgan fingerprint density at radius 2 is 1.52 bits per heavy atom. The molecule has 0 fully saturated rings. The van der Waals surface area contributed by atoms with E-state index in [1.165, 1.54) is 0 Å². The Bertz CT molecular complexity index is 499. The van der Waals surface area contributed by atoms with E-state index < -0.39 is 30.8 Å². The molecular weight excluding hydrogens is 276 g/mol. The summed E-state index contributed by atoms with van der Waals surface area (Å²) in [5.41, 5.74) is 16.4. The Morgan fingerprint density at radius 1 is 1.00 bits per heavy atom. The van der Waals surface area contributed by atoms with Gasteiger partial charge in [-0.15, -0.1) is 0 Å². The number of hydrogen-bond acceptors (Lipinski definition) is 5. The first-order valence-corrected chi connectivity index (χ1v) is 6.18. The summed E-state index contributed by atoms with van der Waals surface area (Å²) < 4.78 is 5.28. The van der Waals surface area contributed by atoms with Crippen LogP contribution < -0.4 is 21.9 Å². The molecule has 21 heavy (non-hydrogen) atoms. The first-order chi connectivity index (χ1) is 9.92. The lowest BCUT2D eigenvalue weighted by molar-refractivity contribution is -0.139. The van der Waals surface area contributed by atoms with Crippen LogP contribution in [0.3, 0.4) is 0 Å². The zero-order valence-corrected chi connectivity index (χ0v) is 11.5. The number of amides is 3. The molecule has 0 spiro atoms. The van der Waals surface area contributed by atoms with Crippen molar-refractivity contribution < 1.29 is 19.1 Å². The zero-order valence-electron chi connectivity index (χ0n) is 11.5. The van der Waals surface area contributed by atoms with Gasteiger partial charge in [0.15, 0.2) is 6.61 Å². The SMILES string of the molecule is NCc1ccc(OCC(=O)N(CC(N)=O)CC(N)=O)cc1. The number of nitrogens with zero attached hydrogens (tertiary/aromatic N) is 1. The van der Waals surface area contributed by atoms with Gasteiger partial charge in [0, 0.05) is 6.54 Å². The lowest BCUT2D eigenvalue weighted by Crippen LogP contribution is -2.45. The molecule has 0 aliphatic heterocycles. The van der Waals surface area contributed by atoms with Crippen molar-refractivity contribution in [1.29, 1.82) is 0 Å². The molecule has 1 aromatic rings. The number of carbonyl (C=O) groups excluding carboxylic acids is 3. The summed E-state index contributed by atoms with van der Waals surface area (Å²) in [7, 11) is 0. The maximum atomic E-state index is 11.9. The minimum absolute atomic E-state index is 0.331. The van der Waals surface area contributed by atoms with Crippen molar-refractivity contribution in [2.45, 2.75) is 6.54 Å². The van der Waals surface area contributed by atoms with Gasteiger partial charge in [-0.05, 0) is 17.7 Å². The van der Waals surface area contributed by atoms with Crippen LogP contribution in [0.15, 0.2) is 24.3 Å². The molecule has 0 atom stereocenters. The van der Waals surface area contributed by atoms with Gasteiger partial charge in [-0.1, -0.05) is 12.1 Å². The van der Waals surface area contributed by atoms with Crippen LogP contribution in [-0.4, -0.2) is 42.3 Å². The second kappa shape index (κ2) is 7.85. The Labute approximate surface area is 121 Å². The van der Waals surface area contributed by atoms with Gasteiger partial charge in [0.25, 0.3) is 5.91 Å². The molecule has 8 nitrogen and oxygen atoms in total. The van der Waals surface area contributed by atoms with Crippen LogP contribution in [-0.2, 0) is 20.9 Å². The minimum atomic E-state index is -0.739. The normalized spacial score (nSPS) is 9.95. The van der Waals surface area contributed by atoms with Crippen molar-refractivity contribution in [2.24, 2.45) is 17.2 Å². The third-order valence-corrected chi connectivity index (χ3v) is 2.57. The summed E-state index contributed by atoms with van der Waals surface area (Å²) in [5.74, 6) is -1.57. The molecule has 0 bridgehead atoms. The largest absolute Gasteiger partial charge is 0.484 e. The van der Waals surface area contributed by atoms with Crippen molar-refractivity contribution in [1.82, 2.24) is 4.90 Å². The monoisotopic (exact) mass is 294 g/mol. The molecule has 0 saturated carbocycles. The van der Waals surface area contributed by atoms with E-state index >= 15 is 0 Å². The lowest BCUT2D eigenvalue weighted by atomic mass is 10.2. The van der Waals surface area contributed by atoms with E-state index in [-0.39, 0.29) is 6.61 Å². The highest BCUT2D eigenvalue weighted by Gasteiger charge is 2.18. The van der Waals surface area contributed by atoms with Crippen LogP contribution in [0.25, 0.3) is 0 Å². The van der Waals surface area contributed by atoms with Crippen LogP contribution in [0.5, 0.6) is 5.75 Å². The molecule has 0 radical (unpaired) electrons. The van der Waals surface area contributed by atoms with Crippen LogP contribution in [0, 0.1) is 0 Å². The molecule has 6 N–H and O–H groups in total. The number of primary amides is 2. The first kappa shape index (κ1) is 16.4. The Morgan fingerprint density at radius 3 is 1.95 bits per heavy atom. The summed E-state index contributed by atoms with van der Waals surface area (Å²) in [6.07, 6.45) is 0. The molecule has 0 aliphatic rings. The molecular formula is C13H18N4O4. The first-order valence-electron chi connectivity index (χ1n) is 6.18. The quantitative estimate of drug-likeness (QED) is 0.525. The minimum Gasteiger partial charge on any atom is -0.484 e. The van der Waals surface area contributed by atoms with Gasteiger partial charge in [0.2, 0.25) is 11.8 Å². The van der Waals surface area contributed by atoms with E-state index in [4.69, 9.17) is 21.9 Å². The van der Waals surface area contributed by atoms with Gasteiger partial charge in [0.05, 0.1) is 13.1 Å². The van der Waals surface area contributed by atoms with E-state index in [9.17, 15) is 14.4 Å². The smallest absolute Gasteiger partial charge is 0.261 e. The average Bonchev–Trinajstić information content (AvgIpc) is 2.43. The predicted octanol–water partition coefficient (Wildman–Crippen LogP) is -1.68. The van der Waals surface area contributed by atoms with E-state index in [0.717, 1.165) is 10.5 Å². The highest BCUT2D eigenvalue weighted by Crippen LogP contribution is 2.11. The summed E-state index contributed by atoms with van der Waals surface area (Å²) >= 11 is 0. The number of rotatable bonds is 8. The number of nitrogens with two attached hydrogens (primary N) is 3. The highest BCUT2D eigenvalue weighted by atomic mass is 16.5. The van der Waals surface area contributed by atoms with Crippen molar-refractivity contribution in [3.8, 4) is 5.75 Å². The number of benzene rings is 1. The zero-order chi connectivity index (χ0) is 15.8. The molecule has 3 amide bonds. The third kappa shape index (κ3) is 5.91. The molecule has 0 aromatic heterocycles. The maximum absolute atomic E-state index is 11.9. The van der Waals surface area contributed by atoms with Crippen LogP contribution in [0.4, 0.5) is 0 Å². The molecule has 114 valence electrons. The van der Waals surface area contributed by atoms with Gasteiger partial charge in [0.1, 0.15) is 5.75 Å². The Kier molecular flexibility index (Phi) is 6.15. The van der Waals surface area contributed by atoms with Crippen molar-refractivity contribution in [3.05, 3.63) is 29.8 Å². The van der Waals surface area contributed by atoms with Gasteiger partial charge in [-0.25, -0.2) is 0 Å². The molecule has 0 heterocycles. The van der Waals surface area contributed by atoms with Gasteiger partial charge in [-0.3, -0.25) is 14.4 Å². The second-order valence-corrected chi connectivity index (χ2v) is 4.32. The van der Waals surface area contributed by atoms with Crippen LogP contribution >= 0.6 is 0 Å². The molecule has 0 saturated heterocycles. The van der Waals surface area contributed by atoms with E-state index in [1.807, 2.05) is 0 Å². The Balaban J connectivity index is 2.59. The summed E-state index contributed by atoms with van der Waals surface area (Å²) in [5, 5.41) is 0. The fourth-order valence-corrected chi connectivity index (χ4v) is 1.57. The van der Waals surface area contributed by atoms with Gasteiger partial charge >= 0.3 is 0 Å². The fourth-order valence-electron chi connectivity index (χ4n) is 1.57. The molecule has 1 aromatic carbocycles. The van der Waals surface area contributed by atoms with Crippen molar-refractivity contribution >= 4 is 17.7 Å². The van der Waals surface area contributed by atoms with Gasteiger partial charge in [-0.2, -0.15) is 0 Å². The summed E-state index contributed by atoms with van der Waals surface area (Å²) in [4.78, 5) is 34.5. The van der Waals surface area contributed by atoms with Crippen molar-refractivity contribution in [3.63, 3.8) is 0 Å². The molecule has 0 aliphatic carbocycles.